The van der Waals surface area contributed by atoms with Crippen LogP contribution in [0.15, 0.2) is 54.9 Å². The van der Waals surface area contributed by atoms with E-state index < -0.39 is 6.10 Å². The van der Waals surface area contributed by atoms with E-state index in [1.165, 1.54) is 0 Å². The molecule has 6 nitrogen and oxygen atoms in total. The molecule has 3 aromatic rings. The van der Waals surface area contributed by atoms with Crippen LogP contribution in [0.4, 0.5) is 0 Å². The first-order valence-corrected chi connectivity index (χ1v) is 9.91. The van der Waals surface area contributed by atoms with Crippen molar-refractivity contribution in [2.75, 3.05) is 32.8 Å². The number of H-pyrrole nitrogens is 1. The van der Waals surface area contributed by atoms with E-state index in [1.54, 1.807) is 6.20 Å². The molecule has 2 aromatic heterocycles. The second-order valence-electron chi connectivity index (χ2n) is 7.38. The Morgan fingerprint density at radius 1 is 1.11 bits per heavy atom. The minimum absolute atomic E-state index is 0.299. The van der Waals surface area contributed by atoms with Gasteiger partial charge < -0.3 is 24.5 Å². The molecule has 0 amide bonds. The van der Waals surface area contributed by atoms with Gasteiger partial charge in [-0.05, 0) is 56.1 Å². The van der Waals surface area contributed by atoms with Gasteiger partial charge in [0.1, 0.15) is 18.5 Å². The van der Waals surface area contributed by atoms with Gasteiger partial charge in [-0.3, -0.25) is 0 Å². The minimum Gasteiger partial charge on any atom is -0.490 e. The number of aromatic nitrogens is 2. The molecule has 1 saturated heterocycles. The zero-order valence-corrected chi connectivity index (χ0v) is 16.0. The second-order valence-corrected chi connectivity index (χ2v) is 7.38. The number of rotatable bonds is 8. The maximum Gasteiger partial charge on any atom is 0.213 e. The fourth-order valence-corrected chi connectivity index (χ4v) is 3.69. The van der Waals surface area contributed by atoms with E-state index in [4.69, 9.17) is 9.47 Å². The lowest BCUT2D eigenvalue weighted by atomic mass is 9.97. The molecule has 148 valence electrons. The van der Waals surface area contributed by atoms with Crippen LogP contribution in [-0.2, 0) is 0 Å². The summed E-state index contributed by atoms with van der Waals surface area (Å²) in [6.45, 7) is 3.59. The molecular weight excluding hydrogens is 354 g/mol. The fourth-order valence-electron chi connectivity index (χ4n) is 3.69. The molecule has 6 heteroatoms. The van der Waals surface area contributed by atoms with Gasteiger partial charge in [0.2, 0.25) is 5.88 Å². The van der Waals surface area contributed by atoms with Crippen molar-refractivity contribution >= 4 is 10.9 Å². The quantitative estimate of drug-likeness (QED) is 0.627. The van der Waals surface area contributed by atoms with Crippen LogP contribution in [-0.4, -0.2) is 58.9 Å². The van der Waals surface area contributed by atoms with Gasteiger partial charge in [0.05, 0.1) is 6.61 Å². The number of ether oxygens (including phenoxy) is 2. The van der Waals surface area contributed by atoms with E-state index in [-0.39, 0.29) is 0 Å². The summed E-state index contributed by atoms with van der Waals surface area (Å²) in [4.78, 5) is 9.68. The molecule has 1 atom stereocenters. The van der Waals surface area contributed by atoms with Gasteiger partial charge in [-0.25, -0.2) is 4.98 Å². The van der Waals surface area contributed by atoms with Crippen molar-refractivity contribution in [1.82, 2.24) is 14.9 Å². The summed E-state index contributed by atoms with van der Waals surface area (Å²) in [7, 11) is 0. The number of aliphatic hydroxyl groups excluding tert-OH is 1. The molecule has 0 radical (unpaired) electrons. The molecule has 0 bridgehead atoms. The average molecular weight is 381 g/mol. The van der Waals surface area contributed by atoms with E-state index in [1.807, 2.05) is 48.7 Å². The van der Waals surface area contributed by atoms with Crippen molar-refractivity contribution in [3.63, 3.8) is 0 Å². The maximum absolute atomic E-state index is 10.4. The number of piperidine rings is 1. The monoisotopic (exact) mass is 381 g/mol. The normalized spacial score (nSPS) is 16.9. The van der Waals surface area contributed by atoms with Crippen molar-refractivity contribution in [3.05, 3.63) is 54.9 Å². The van der Waals surface area contributed by atoms with Crippen molar-refractivity contribution in [2.24, 2.45) is 5.92 Å². The maximum atomic E-state index is 10.4. The molecule has 1 aliphatic rings. The highest BCUT2D eigenvalue weighted by molar-refractivity contribution is 5.85. The van der Waals surface area contributed by atoms with Crippen molar-refractivity contribution in [2.45, 2.75) is 18.9 Å². The number of pyridine rings is 1. The first-order valence-electron chi connectivity index (χ1n) is 9.91. The van der Waals surface area contributed by atoms with E-state index >= 15 is 0 Å². The molecule has 1 aliphatic heterocycles. The zero-order chi connectivity index (χ0) is 19.2. The SMILES string of the molecule is OC(COc1cccc2[nH]ccc12)CN1CCC(COc2ccccn2)CC1. The summed E-state index contributed by atoms with van der Waals surface area (Å²) in [6.07, 6.45) is 5.29. The largest absolute Gasteiger partial charge is 0.490 e. The molecule has 0 spiro atoms. The molecule has 2 N–H and O–H groups in total. The van der Waals surface area contributed by atoms with E-state index in [2.05, 4.69) is 14.9 Å². The summed E-state index contributed by atoms with van der Waals surface area (Å²) >= 11 is 0. The summed E-state index contributed by atoms with van der Waals surface area (Å²) in [5.41, 5.74) is 1.04. The van der Waals surface area contributed by atoms with Crippen molar-refractivity contribution in [1.29, 1.82) is 0 Å². The fraction of sp³-hybridized carbons (Fsp3) is 0.409. The molecule has 4 rings (SSSR count). The number of benzene rings is 1. The van der Waals surface area contributed by atoms with Gasteiger partial charge in [0, 0.05) is 35.9 Å². The van der Waals surface area contributed by atoms with Crippen LogP contribution in [0.2, 0.25) is 0 Å². The van der Waals surface area contributed by atoms with Crippen LogP contribution in [0, 0.1) is 5.92 Å². The van der Waals surface area contributed by atoms with Gasteiger partial charge >= 0.3 is 0 Å². The van der Waals surface area contributed by atoms with Crippen LogP contribution in [0.1, 0.15) is 12.8 Å². The Balaban J connectivity index is 1.18. The number of β-amino-alcohol motifs (C(OH)–C–C–N with tert-alkyl or cyclic N) is 1. The first-order chi connectivity index (χ1) is 13.8. The summed E-state index contributed by atoms with van der Waals surface area (Å²) < 4.78 is 11.6. The summed E-state index contributed by atoms with van der Waals surface area (Å²) in [5.74, 6) is 2.04. The van der Waals surface area contributed by atoms with Crippen molar-refractivity contribution < 1.29 is 14.6 Å². The smallest absolute Gasteiger partial charge is 0.213 e. The zero-order valence-electron chi connectivity index (χ0n) is 16.0. The number of hydrogen-bond donors (Lipinski definition) is 2. The Morgan fingerprint density at radius 3 is 2.82 bits per heavy atom. The Hall–Kier alpha value is -2.57. The Kier molecular flexibility index (Phi) is 6.09. The predicted octanol–water partition coefficient (Wildman–Crippen LogP) is 3.09. The Bertz CT molecular complexity index is 860. The van der Waals surface area contributed by atoms with E-state index in [9.17, 15) is 5.11 Å². The molecule has 1 unspecified atom stereocenters. The lowest BCUT2D eigenvalue weighted by Gasteiger charge is -2.32. The lowest BCUT2D eigenvalue weighted by Crippen LogP contribution is -2.41. The topological polar surface area (TPSA) is 70.6 Å². The number of nitrogens with one attached hydrogen (secondary N) is 1. The summed E-state index contributed by atoms with van der Waals surface area (Å²) in [6, 6.07) is 13.6. The number of hydrogen-bond acceptors (Lipinski definition) is 5. The van der Waals surface area contributed by atoms with Crippen LogP contribution in [0.5, 0.6) is 11.6 Å². The number of aromatic amines is 1. The number of aliphatic hydroxyl groups is 1. The Labute approximate surface area is 165 Å². The minimum atomic E-state index is -0.504. The van der Waals surface area contributed by atoms with Gasteiger partial charge in [0.25, 0.3) is 0 Å². The highest BCUT2D eigenvalue weighted by Crippen LogP contribution is 2.24. The summed E-state index contributed by atoms with van der Waals surface area (Å²) in [5, 5.41) is 11.4. The standard InChI is InChI=1S/C22H27N3O3/c26-18(16-27-21-5-3-4-20-19(21)7-11-23-20)14-25-12-8-17(9-13-25)15-28-22-6-1-2-10-24-22/h1-7,10-11,17-18,23,26H,8-9,12-16H2. The van der Waals surface area contributed by atoms with Crippen LogP contribution in [0.3, 0.4) is 0 Å². The van der Waals surface area contributed by atoms with Gasteiger partial charge in [0.15, 0.2) is 0 Å². The van der Waals surface area contributed by atoms with Crippen LogP contribution < -0.4 is 9.47 Å². The third-order valence-electron chi connectivity index (χ3n) is 5.27. The first kappa shape index (κ1) is 18.8. The number of likely N-dealkylation sites (tertiary alicyclic amines) is 1. The van der Waals surface area contributed by atoms with Crippen molar-refractivity contribution in [3.8, 4) is 11.6 Å². The third kappa shape index (κ3) is 4.82. The highest BCUT2D eigenvalue weighted by Gasteiger charge is 2.22. The van der Waals surface area contributed by atoms with E-state index in [0.29, 0.717) is 31.6 Å². The predicted molar refractivity (Wildman–Crippen MR) is 109 cm³/mol. The number of nitrogens with zero attached hydrogens (tertiary/aromatic N) is 2. The lowest BCUT2D eigenvalue weighted by molar-refractivity contribution is 0.0505. The molecular formula is C22H27N3O3. The molecule has 0 aliphatic carbocycles. The van der Waals surface area contributed by atoms with E-state index in [0.717, 1.165) is 42.6 Å². The molecule has 1 aromatic carbocycles. The second kappa shape index (κ2) is 9.08. The van der Waals surface area contributed by atoms with Gasteiger partial charge in [-0.2, -0.15) is 0 Å². The third-order valence-corrected chi connectivity index (χ3v) is 5.27. The van der Waals surface area contributed by atoms with Gasteiger partial charge in [-0.15, -0.1) is 0 Å². The molecule has 1 fully saturated rings. The average Bonchev–Trinajstić information content (AvgIpc) is 3.22. The van der Waals surface area contributed by atoms with Crippen LogP contribution in [0.25, 0.3) is 10.9 Å². The molecule has 28 heavy (non-hydrogen) atoms. The molecule has 0 saturated carbocycles. The highest BCUT2D eigenvalue weighted by atomic mass is 16.5. The van der Waals surface area contributed by atoms with Gasteiger partial charge in [-0.1, -0.05) is 12.1 Å². The number of fused-ring (bicyclic) bond motifs is 1. The Morgan fingerprint density at radius 2 is 2.00 bits per heavy atom. The molecule has 3 heterocycles. The van der Waals surface area contributed by atoms with Crippen LogP contribution >= 0.6 is 0 Å².